The fourth-order valence-electron chi connectivity index (χ4n) is 2.91. The summed E-state index contributed by atoms with van der Waals surface area (Å²) in [5.41, 5.74) is 5.66. The summed E-state index contributed by atoms with van der Waals surface area (Å²) < 4.78 is 0. The highest BCUT2D eigenvalue weighted by Crippen LogP contribution is 2.21. The Kier molecular flexibility index (Phi) is 5.99. The number of H-pyrrole nitrogens is 1. The Morgan fingerprint density at radius 3 is 2.92 bits per heavy atom. The second-order valence-electron chi connectivity index (χ2n) is 6.31. The maximum Gasteiger partial charge on any atom is 0.276 e. The van der Waals surface area contributed by atoms with Gasteiger partial charge in [0.2, 0.25) is 0 Å². The van der Waals surface area contributed by atoms with Crippen LogP contribution in [0.15, 0.2) is 18.2 Å². The van der Waals surface area contributed by atoms with E-state index in [2.05, 4.69) is 38.7 Å². The molecule has 0 saturated carbocycles. The number of anilines is 1. The zero-order valence-electron chi connectivity index (χ0n) is 14.3. The standard InChI is InChI=1S/C17H23N5O.ClH/c1-11-4-5-14(12(8-11)10-22(2)3)19-17(23)16-13-9-18-7-6-15(13)20-21-16;/h4-5,8,18H,6-7,9-10H2,1-3H3,(H,19,23)(H,20,21);1H. The van der Waals surface area contributed by atoms with Crippen molar-refractivity contribution in [1.29, 1.82) is 0 Å². The molecule has 0 aliphatic carbocycles. The molecule has 3 N–H and O–H groups in total. The fourth-order valence-corrected chi connectivity index (χ4v) is 2.91. The van der Waals surface area contributed by atoms with E-state index < -0.39 is 0 Å². The SMILES string of the molecule is Cc1ccc(NC(=O)c2n[nH]c3c2CNCC3)c(CN(C)C)c1.Cl. The number of aromatic amines is 1. The number of aromatic nitrogens is 2. The van der Waals surface area contributed by atoms with E-state index in [1.807, 2.05) is 26.2 Å². The van der Waals surface area contributed by atoms with Gasteiger partial charge in [-0.05, 0) is 32.6 Å². The van der Waals surface area contributed by atoms with Crippen LogP contribution < -0.4 is 10.6 Å². The van der Waals surface area contributed by atoms with Gasteiger partial charge in [0.1, 0.15) is 0 Å². The van der Waals surface area contributed by atoms with Crippen molar-refractivity contribution >= 4 is 24.0 Å². The van der Waals surface area contributed by atoms with Gasteiger partial charge in [-0.1, -0.05) is 17.7 Å². The van der Waals surface area contributed by atoms with Crippen LogP contribution in [0.25, 0.3) is 0 Å². The van der Waals surface area contributed by atoms with Crippen molar-refractivity contribution in [2.75, 3.05) is 26.0 Å². The number of rotatable bonds is 4. The third-order valence-corrected chi connectivity index (χ3v) is 4.02. The van der Waals surface area contributed by atoms with Gasteiger partial charge in [0, 0.05) is 43.0 Å². The van der Waals surface area contributed by atoms with Crippen molar-refractivity contribution in [3.05, 3.63) is 46.3 Å². The van der Waals surface area contributed by atoms with Crippen LogP contribution in [-0.4, -0.2) is 41.6 Å². The number of halogens is 1. The lowest BCUT2D eigenvalue weighted by Gasteiger charge is -2.16. The van der Waals surface area contributed by atoms with E-state index >= 15 is 0 Å². The van der Waals surface area contributed by atoms with E-state index in [4.69, 9.17) is 0 Å². The Morgan fingerprint density at radius 2 is 2.17 bits per heavy atom. The van der Waals surface area contributed by atoms with E-state index in [1.165, 1.54) is 5.56 Å². The van der Waals surface area contributed by atoms with E-state index in [9.17, 15) is 4.79 Å². The highest BCUT2D eigenvalue weighted by atomic mass is 35.5. The first-order valence-electron chi connectivity index (χ1n) is 7.87. The third kappa shape index (κ3) is 3.95. The summed E-state index contributed by atoms with van der Waals surface area (Å²) in [6.45, 7) is 4.44. The van der Waals surface area contributed by atoms with Crippen molar-refractivity contribution in [3.8, 4) is 0 Å². The van der Waals surface area contributed by atoms with E-state index in [0.717, 1.165) is 42.0 Å². The van der Waals surface area contributed by atoms with Gasteiger partial charge in [0.25, 0.3) is 5.91 Å². The first-order chi connectivity index (χ1) is 11.0. The van der Waals surface area contributed by atoms with Crippen LogP contribution in [0.3, 0.4) is 0 Å². The number of hydrogen-bond acceptors (Lipinski definition) is 4. The lowest BCUT2D eigenvalue weighted by Crippen LogP contribution is -2.25. The molecule has 6 nitrogen and oxygen atoms in total. The van der Waals surface area contributed by atoms with Gasteiger partial charge >= 0.3 is 0 Å². The van der Waals surface area contributed by atoms with Gasteiger partial charge in [-0.3, -0.25) is 9.89 Å². The van der Waals surface area contributed by atoms with Crippen LogP contribution in [0.5, 0.6) is 0 Å². The number of carbonyl (C=O) groups excluding carboxylic acids is 1. The molecule has 0 atom stereocenters. The van der Waals surface area contributed by atoms with Crippen LogP contribution in [0, 0.1) is 6.92 Å². The first kappa shape index (κ1) is 18.4. The van der Waals surface area contributed by atoms with Gasteiger partial charge in [-0.15, -0.1) is 12.4 Å². The quantitative estimate of drug-likeness (QED) is 0.790. The number of fused-ring (bicyclic) bond motifs is 1. The summed E-state index contributed by atoms with van der Waals surface area (Å²) >= 11 is 0. The van der Waals surface area contributed by atoms with Gasteiger partial charge in [0.05, 0.1) is 0 Å². The minimum Gasteiger partial charge on any atom is -0.320 e. The molecule has 1 aromatic heterocycles. The lowest BCUT2D eigenvalue weighted by molar-refractivity contribution is 0.102. The molecule has 0 radical (unpaired) electrons. The molecule has 2 aromatic rings. The Morgan fingerprint density at radius 1 is 1.38 bits per heavy atom. The Balaban J connectivity index is 0.00000208. The largest absolute Gasteiger partial charge is 0.320 e. The minimum absolute atomic E-state index is 0. The van der Waals surface area contributed by atoms with Crippen molar-refractivity contribution < 1.29 is 4.79 Å². The second-order valence-corrected chi connectivity index (χ2v) is 6.31. The van der Waals surface area contributed by atoms with E-state index in [1.54, 1.807) is 0 Å². The summed E-state index contributed by atoms with van der Waals surface area (Å²) in [4.78, 5) is 14.7. The lowest BCUT2D eigenvalue weighted by atomic mass is 10.1. The van der Waals surface area contributed by atoms with E-state index in [-0.39, 0.29) is 18.3 Å². The molecular weight excluding hydrogens is 326 g/mol. The average Bonchev–Trinajstić information content (AvgIpc) is 2.93. The molecule has 0 bridgehead atoms. The number of amides is 1. The Hall–Kier alpha value is -1.89. The van der Waals surface area contributed by atoms with Crippen LogP contribution in [0.2, 0.25) is 0 Å². The summed E-state index contributed by atoms with van der Waals surface area (Å²) in [5.74, 6) is -0.157. The number of nitrogens with one attached hydrogen (secondary N) is 3. The Bertz CT molecular complexity index is 726. The molecule has 7 heteroatoms. The normalized spacial score (nSPS) is 13.3. The molecule has 0 spiro atoms. The molecule has 24 heavy (non-hydrogen) atoms. The summed E-state index contributed by atoms with van der Waals surface area (Å²) in [6.07, 6.45) is 0.881. The van der Waals surface area contributed by atoms with Crippen molar-refractivity contribution in [3.63, 3.8) is 0 Å². The summed E-state index contributed by atoms with van der Waals surface area (Å²) in [6, 6.07) is 6.08. The predicted molar refractivity (Wildman–Crippen MR) is 97.8 cm³/mol. The smallest absolute Gasteiger partial charge is 0.276 e. The zero-order valence-corrected chi connectivity index (χ0v) is 15.1. The third-order valence-electron chi connectivity index (χ3n) is 4.02. The molecule has 0 unspecified atom stereocenters. The van der Waals surface area contributed by atoms with Crippen LogP contribution in [0.1, 0.15) is 32.9 Å². The number of carbonyl (C=O) groups is 1. The fraction of sp³-hybridized carbons (Fsp3) is 0.412. The van der Waals surface area contributed by atoms with E-state index in [0.29, 0.717) is 12.2 Å². The molecule has 1 aromatic carbocycles. The van der Waals surface area contributed by atoms with Gasteiger partial charge in [-0.25, -0.2) is 0 Å². The number of aryl methyl sites for hydroxylation is 1. The molecule has 0 saturated heterocycles. The average molecular weight is 350 g/mol. The molecule has 130 valence electrons. The molecule has 3 rings (SSSR count). The summed E-state index contributed by atoms with van der Waals surface area (Å²) in [5, 5.41) is 13.5. The van der Waals surface area contributed by atoms with Gasteiger partial charge < -0.3 is 15.5 Å². The molecule has 2 heterocycles. The molecule has 1 aliphatic rings. The number of benzene rings is 1. The highest BCUT2D eigenvalue weighted by Gasteiger charge is 2.22. The molecular formula is C17H24ClN5O. The van der Waals surface area contributed by atoms with Gasteiger partial charge in [0.15, 0.2) is 5.69 Å². The predicted octanol–water partition coefficient (Wildman–Crippen LogP) is 2.10. The molecule has 1 aliphatic heterocycles. The van der Waals surface area contributed by atoms with Crippen molar-refractivity contribution in [2.24, 2.45) is 0 Å². The van der Waals surface area contributed by atoms with Crippen molar-refractivity contribution in [2.45, 2.75) is 26.4 Å². The highest BCUT2D eigenvalue weighted by molar-refractivity contribution is 6.04. The van der Waals surface area contributed by atoms with Crippen LogP contribution in [0.4, 0.5) is 5.69 Å². The topological polar surface area (TPSA) is 73.0 Å². The molecule has 1 amide bonds. The van der Waals surface area contributed by atoms with Gasteiger partial charge in [-0.2, -0.15) is 5.10 Å². The first-order valence-corrected chi connectivity index (χ1v) is 7.87. The van der Waals surface area contributed by atoms with Crippen molar-refractivity contribution in [1.82, 2.24) is 20.4 Å². The Labute approximate surface area is 148 Å². The zero-order chi connectivity index (χ0) is 16.4. The maximum atomic E-state index is 12.6. The second kappa shape index (κ2) is 7.79. The summed E-state index contributed by atoms with van der Waals surface area (Å²) in [7, 11) is 4.04. The van der Waals surface area contributed by atoms with Crippen LogP contribution >= 0.6 is 12.4 Å². The maximum absolute atomic E-state index is 12.6. The monoisotopic (exact) mass is 349 g/mol. The number of hydrogen-bond donors (Lipinski definition) is 3. The number of nitrogens with zero attached hydrogens (tertiary/aromatic N) is 2. The molecule has 0 fully saturated rings. The minimum atomic E-state index is -0.157. The van der Waals surface area contributed by atoms with Crippen LogP contribution in [-0.2, 0) is 19.5 Å².